The van der Waals surface area contributed by atoms with Crippen LogP contribution >= 0.6 is 0 Å². The third-order valence-corrected chi connectivity index (χ3v) is 3.05. The van der Waals surface area contributed by atoms with Crippen molar-refractivity contribution < 1.29 is 4.39 Å². The highest BCUT2D eigenvalue weighted by atomic mass is 19.1. The molecule has 1 aliphatic rings. The lowest BCUT2D eigenvalue weighted by molar-refractivity contribution is 0.480. The lowest BCUT2D eigenvalue weighted by Gasteiger charge is -2.10. The molecular formula is C12H16FN. The first-order valence-corrected chi connectivity index (χ1v) is 5.15. The molecule has 14 heavy (non-hydrogen) atoms. The van der Waals surface area contributed by atoms with Gasteiger partial charge in [0, 0.05) is 5.54 Å². The molecule has 1 fully saturated rings. The molecule has 76 valence electrons. The van der Waals surface area contributed by atoms with Gasteiger partial charge in [0.1, 0.15) is 6.67 Å². The van der Waals surface area contributed by atoms with Gasteiger partial charge in [0.2, 0.25) is 0 Å². The van der Waals surface area contributed by atoms with E-state index in [0.717, 1.165) is 36.8 Å². The third-order valence-electron chi connectivity index (χ3n) is 3.05. The highest BCUT2D eigenvalue weighted by Crippen LogP contribution is 2.36. The molecule has 0 radical (unpaired) electrons. The van der Waals surface area contributed by atoms with Crippen molar-refractivity contribution in [1.82, 2.24) is 0 Å². The maximum Gasteiger partial charge on any atom is 0.115 e. The molecule has 0 amide bonds. The van der Waals surface area contributed by atoms with E-state index in [4.69, 9.17) is 5.73 Å². The lowest BCUT2D eigenvalue weighted by Crippen LogP contribution is -2.22. The smallest absolute Gasteiger partial charge is 0.115 e. The number of hydrogen-bond donors (Lipinski definition) is 1. The lowest BCUT2D eigenvalue weighted by atomic mass is 10.0. The number of hydrogen-bond acceptors (Lipinski definition) is 1. The van der Waals surface area contributed by atoms with Crippen LogP contribution in [0, 0.1) is 0 Å². The zero-order chi connectivity index (χ0) is 10.0. The largest absolute Gasteiger partial charge is 0.325 e. The molecule has 0 heterocycles. The predicted octanol–water partition coefficient (Wildman–Crippen LogP) is 2.58. The Morgan fingerprint density at radius 1 is 1.21 bits per heavy atom. The number of nitrogens with two attached hydrogens (primary N) is 1. The van der Waals surface area contributed by atoms with Crippen molar-refractivity contribution in [2.75, 3.05) is 0 Å². The van der Waals surface area contributed by atoms with Gasteiger partial charge in [-0.25, -0.2) is 4.39 Å². The van der Waals surface area contributed by atoms with E-state index in [-0.39, 0.29) is 12.2 Å². The number of aryl methyl sites for hydroxylation is 1. The quantitative estimate of drug-likeness (QED) is 0.781. The van der Waals surface area contributed by atoms with Gasteiger partial charge in [-0.3, -0.25) is 0 Å². The van der Waals surface area contributed by atoms with Crippen LogP contribution in [0.3, 0.4) is 0 Å². The molecule has 1 aromatic carbocycles. The summed E-state index contributed by atoms with van der Waals surface area (Å²) in [5.41, 5.74) is 8.00. The van der Waals surface area contributed by atoms with E-state index in [1.54, 1.807) is 0 Å². The molecule has 0 spiro atoms. The highest BCUT2D eigenvalue weighted by molar-refractivity contribution is 5.27. The Balaban J connectivity index is 2.00. The van der Waals surface area contributed by atoms with Crippen LogP contribution in [0.2, 0.25) is 0 Å². The Morgan fingerprint density at radius 3 is 2.43 bits per heavy atom. The molecule has 0 saturated heterocycles. The summed E-state index contributed by atoms with van der Waals surface area (Å²) < 4.78 is 12.6. The molecule has 0 aromatic heterocycles. The van der Waals surface area contributed by atoms with Gasteiger partial charge >= 0.3 is 0 Å². The van der Waals surface area contributed by atoms with Gasteiger partial charge in [-0.2, -0.15) is 0 Å². The van der Waals surface area contributed by atoms with Gasteiger partial charge in [0.15, 0.2) is 0 Å². The predicted molar refractivity (Wildman–Crippen MR) is 55.7 cm³/mol. The Bertz CT molecular complexity index is 318. The highest BCUT2D eigenvalue weighted by Gasteiger charge is 2.37. The fraction of sp³-hybridized carbons (Fsp3) is 0.500. The van der Waals surface area contributed by atoms with Gasteiger partial charge < -0.3 is 5.73 Å². The third kappa shape index (κ3) is 2.13. The molecule has 1 aliphatic carbocycles. The van der Waals surface area contributed by atoms with Crippen LogP contribution in [-0.2, 0) is 13.1 Å². The summed E-state index contributed by atoms with van der Waals surface area (Å²) in [5.74, 6) is 0. The topological polar surface area (TPSA) is 26.0 Å². The molecule has 1 saturated carbocycles. The van der Waals surface area contributed by atoms with Crippen LogP contribution < -0.4 is 5.73 Å². The maximum atomic E-state index is 12.6. The van der Waals surface area contributed by atoms with Crippen LogP contribution in [0.5, 0.6) is 0 Å². The molecule has 0 atom stereocenters. The molecule has 1 nitrogen and oxygen atoms in total. The second-order valence-electron chi connectivity index (χ2n) is 4.26. The van der Waals surface area contributed by atoms with Crippen molar-refractivity contribution in [2.45, 2.75) is 37.9 Å². The number of rotatable bonds is 4. The van der Waals surface area contributed by atoms with E-state index in [2.05, 4.69) is 0 Å². The Hall–Kier alpha value is -0.890. The summed E-state index contributed by atoms with van der Waals surface area (Å²) in [6.07, 6.45) is 4.16. The zero-order valence-corrected chi connectivity index (χ0v) is 8.30. The SMILES string of the molecule is NC1(CCc2ccccc2CF)CC1. The minimum Gasteiger partial charge on any atom is -0.325 e. The average molecular weight is 193 g/mol. The Kier molecular flexibility index (Phi) is 2.55. The van der Waals surface area contributed by atoms with Gasteiger partial charge in [0.25, 0.3) is 0 Å². The van der Waals surface area contributed by atoms with E-state index in [0.29, 0.717) is 0 Å². The minimum atomic E-state index is -0.367. The molecule has 0 unspecified atom stereocenters. The summed E-state index contributed by atoms with van der Waals surface area (Å²) >= 11 is 0. The number of halogens is 1. The van der Waals surface area contributed by atoms with Crippen LogP contribution in [0.4, 0.5) is 4.39 Å². The second kappa shape index (κ2) is 3.70. The maximum absolute atomic E-state index is 12.6. The van der Waals surface area contributed by atoms with E-state index < -0.39 is 0 Å². The van der Waals surface area contributed by atoms with Crippen molar-refractivity contribution in [2.24, 2.45) is 5.73 Å². The fourth-order valence-corrected chi connectivity index (χ4v) is 1.73. The summed E-state index contributed by atoms with van der Waals surface area (Å²) in [7, 11) is 0. The molecule has 0 aliphatic heterocycles. The normalized spacial score (nSPS) is 18.1. The fourth-order valence-electron chi connectivity index (χ4n) is 1.73. The monoisotopic (exact) mass is 193 g/mol. The van der Waals surface area contributed by atoms with E-state index >= 15 is 0 Å². The van der Waals surface area contributed by atoms with E-state index in [1.807, 2.05) is 24.3 Å². The van der Waals surface area contributed by atoms with Gasteiger partial charge in [-0.1, -0.05) is 24.3 Å². The van der Waals surface area contributed by atoms with Crippen LogP contribution in [0.25, 0.3) is 0 Å². The molecule has 2 N–H and O–H groups in total. The van der Waals surface area contributed by atoms with E-state index in [1.165, 1.54) is 0 Å². The van der Waals surface area contributed by atoms with Crippen molar-refractivity contribution >= 4 is 0 Å². The molecule has 1 aromatic rings. The van der Waals surface area contributed by atoms with Gasteiger partial charge in [-0.05, 0) is 36.8 Å². The molecular weight excluding hydrogens is 177 g/mol. The van der Waals surface area contributed by atoms with Crippen LogP contribution in [-0.4, -0.2) is 5.54 Å². The van der Waals surface area contributed by atoms with Crippen molar-refractivity contribution in [3.05, 3.63) is 35.4 Å². The second-order valence-corrected chi connectivity index (χ2v) is 4.26. The van der Waals surface area contributed by atoms with Crippen LogP contribution in [0.1, 0.15) is 30.4 Å². The van der Waals surface area contributed by atoms with Gasteiger partial charge in [0.05, 0.1) is 0 Å². The van der Waals surface area contributed by atoms with Crippen molar-refractivity contribution in [3.8, 4) is 0 Å². The minimum absolute atomic E-state index is 0.0728. The Morgan fingerprint density at radius 2 is 1.86 bits per heavy atom. The molecule has 2 heteroatoms. The average Bonchev–Trinajstić information content (AvgIpc) is 2.95. The number of benzene rings is 1. The molecule has 0 bridgehead atoms. The molecule has 2 rings (SSSR count). The van der Waals surface area contributed by atoms with Gasteiger partial charge in [-0.15, -0.1) is 0 Å². The standard InChI is InChI=1S/C12H16FN/c13-9-11-4-2-1-3-10(11)5-6-12(14)7-8-12/h1-4H,5-9,14H2. The zero-order valence-electron chi connectivity index (χ0n) is 8.30. The van der Waals surface area contributed by atoms with Crippen LogP contribution in [0.15, 0.2) is 24.3 Å². The first-order valence-electron chi connectivity index (χ1n) is 5.15. The van der Waals surface area contributed by atoms with Crippen molar-refractivity contribution in [1.29, 1.82) is 0 Å². The summed E-state index contributed by atoms with van der Waals surface area (Å²) in [4.78, 5) is 0. The van der Waals surface area contributed by atoms with Crippen molar-refractivity contribution in [3.63, 3.8) is 0 Å². The summed E-state index contributed by atoms with van der Waals surface area (Å²) in [5, 5.41) is 0. The first kappa shape index (κ1) is 9.66. The van der Waals surface area contributed by atoms with E-state index in [9.17, 15) is 4.39 Å². The number of alkyl halides is 1. The summed E-state index contributed by atoms with van der Waals surface area (Å²) in [6.45, 7) is -0.367. The Labute approximate surface area is 84.1 Å². The first-order chi connectivity index (χ1) is 6.73. The summed E-state index contributed by atoms with van der Waals surface area (Å²) in [6, 6.07) is 7.70.